The molecule has 2 aromatic heterocycles. The topological polar surface area (TPSA) is 218 Å². The number of nitrogens with zero attached hydrogens (tertiary/aromatic N) is 5. The van der Waals surface area contributed by atoms with Crippen molar-refractivity contribution in [2.24, 2.45) is 33.8 Å². The number of esters is 1. The summed E-state index contributed by atoms with van der Waals surface area (Å²) in [6.07, 6.45) is -5.09. The highest BCUT2D eigenvalue weighted by Gasteiger charge is 2.53. The lowest BCUT2D eigenvalue weighted by Crippen LogP contribution is -2.57. The molecule has 2 aliphatic heterocycles. The molecule has 0 bridgehead atoms. The summed E-state index contributed by atoms with van der Waals surface area (Å²) in [5.74, 6) is -5.43. The number of aliphatic imine (C=N–C) groups is 1. The van der Waals surface area contributed by atoms with Crippen LogP contribution in [0.2, 0.25) is 0 Å². The van der Waals surface area contributed by atoms with Gasteiger partial charge in [0, 0.05) is 35.4 Å². The van der Waals surface area contributed by atoms with Crippen LogP contribution in [0.1, 0.15) is 107 Å². The molecule has 1 unspecified atom stereocenters. The molecule has 0 spiro atoms. The van der Waals surface area contributed by atoms with Crippen LogP contribution in [0.5, 0.6) is 0 Å². The Labute approximate surface area is 375 Å². The average Bonchev–Trinajstić information content (AvgIpc) is 3.71. The Bertz CT molecular complexity index is 1920. The molecule has 16 nitrogen and oxygen atoms in total. The van der Waals surface area contributed by atoms with E-state index in [2.05, 4.69) is 20.1 Å². The van der Waals surface area contributed by atoms with Gasteiger partial charge in [0.2, 0.25) is 5.91 Å². The number of thiazole rings is 1. The van der Waals surface area contributed by atoms with E-state index in [0.29, 0.717) is 40.1 Å². The van der Waals surface area contributed by atoms with Crippen molar-refractivity contribution >= 4 is 46.2 Å². The summed E-state index contributed by atoms with van der Waals surface area (Å²) in [6, 6.07) is 4.93. The molecule has 2 saturated heterocycles. The molecule has 0 radical (unpaired) electrons. The number of aliphatic hydroxyl groups is 2. The van der Waals surface area contributed by atoms with Gasteiger partial charge in [0.05, 0.1) is 36.3 Å². The first-order chi connectivity index (χ1) is 29.5. The zero-order chi connectivity index (χ0) is 47.0. The number of aliphatic hydroxyl groups excluding tert-OH is 1. The molecule has 12 atom stereocenters. The average molecular weight is 905 g/mol. The smallest absolute Gasteiger partial charge is 0.351 e. The van der Waals surface area contributed by atoms with Gasteiger partial charge in [0.15, 0.2) is 18.7 Å². The first kappa shape index (κ1) is 51.9. The van der Waals surface area contributed by atoms with Crippen LogP contribution in [0, 0.1) is 23.7 Å². The standard InChI is InChI=1S/C45H69FN6O10S/c1-13-34-45(10,57)31(26(6)37(24(3)4)50-36(53)14-2)19-18-29(51-59-22-30-23-63-41(48-30)32-16-15-17-35(47)49-32)21-58-28(8)39(27(7)40(55)44(9,46)43(56)61-34)62-42-38(54)33(52(11)12)20-25(5)60-42/h15-17,23-28,31,33-34,38-39,42,54,57H,13-14,18-22H2,1-12H3,(H2,47,49)/b50-37?,51-29+/t25-,26-,27-,28?,31-,33+,34-,38-,39-,42+,44+,45+/m1/s1. The summed E-state index contributed by atoms with van der Waals surface area (Å²) >= 11 is 1.37. The van der Waals surface area contributed by atoms with Gasteiger partial charge in [0.1, 0.15) is 34.3 Å². The van der Waals surface area contributed by atoms with E-state index in [-0.39, 0.29) is 62.9 Å². The summed E-state index contributed by atoms with van der Waals surface area (Å²) in [5.41, 5.74) is 3.00. The lowest BCUT2D eigenvalue weighted by molar-refractivity contribution is -0.283. The Hall–Kier alpha value is -3.78. The molecular weight excluding hydrogens is 836 g/mol. The largest absolute Gasteiger partial charge is 0.457 e. The SMILES string of the molecule is CCC(=O)N=C(C(C)C)[C@H](C)[C@H]1CC/C(=N\OCc2csc(-c3cccc(N)n3)n2)COC(C)[C@H](O[C@@H]2O[C@H](C)C[C@H](N(C)C)[C@H]2O)[C@@H](C)C(=O)[C@](C)(F)C(=O)O[C@H](CC)[C@@]1(C)O. The highest BCUT2D eigenvalue weighted by atomic mass is 32.1. The molecule has 4 heterocycles. The second kappa shape index (κ2) is 22.4. The van der Waals surface area contributed by atoms with E-state index in [1.807, 2.05) is 52.1 Å². The lowest BCUT2D eigenvalue weighted by Gasteiger charge is -2.43. The fourth-order valence-corrected chi connectivity index (χ4v) is 9.26. The molecule has 2 aliphatic rings. The normalized spacial score (nSPS) is 33.2. The van der Waals surface area contributed by atoms with Crippen molar-refractivity contribution in [1.82, 2.24) is 14.9 Å². The van der Waals surface area contributed by atoms with Crippen LogP contribution >= 0.6 is 11.3 Å². The van der Waals surface area contributed by atoms with Crippen molar-refractivity contribution in [3.05, 3.63) is 29.3 Å². The number of carbonyl (C=O) groups is 3. The zero-order valence-electron chi connectivity index (χ0n) is 38.9. The highest BCUT2D eigenvalue weighted by molar-refractivity contribution is 7.13. The third-order valence-electron chi connectivity index (χ3n) is 12.2. The molecule has 1 amide bonds. The zero-order valence-corrected chi connectivity index (χ0v) is 39.7. The number of halogens is 1. The van der Waals surface area contributed by atoms with Crippen molar-refractivity contribution in [2.45, 2.75) is 162 Å². The van der Waals surface area contributed by atoms with Gasteiger partial charge in [-0.3, -0.25) is 9.59 Å². The number of aromatic nitrogens is 2. The number of nitrogens with two attached hydrogens (primary N) is 1. The van der Waals surface area contributed by atoms with Crippen molar-refractivity contribution in [3.8, 4) is 10.7 Å². The number of ketones is 1. The summed E-state index contributed by atoms with van der Waals surface area (Å²) in [4.78, 5) is 62.0. The number of pyridine rings is 1. The highest BCUT2D eigenvalue weighted by Crippen LogP contribution is 2.39. The first-order valence-electron chi connectivity index (χ1n) is 21.9. The number of nitrogen functional groups attached to an aromatic ring is 1. The summed E-state index contributed by atoms with van der Waals surface area (Å²) in [7, 11) is 3.65. The van der Waals surface area contributed by atoms with Gasteiger partial charge in [-0.1, -0.05) is 52.8 Å². The van der Waals surface area contributed by atoms with Crippen molar-refractivity contribution < 1.29 is 52.8 Å². The van der Waals surface area contributed by atoms with E-state index in [4.69, 9.17) is 29.5 Å². The van der Waals surface area contributed by atoms with Gasteiger partial charge >= 0.3 is 5.97 Å². The quantitative estimate of drug-likeness (QED) is 0.0970. The molecule has 0 saturated carbocycles. The van der Waals surface area contributed by atoms with Gasteiger partial charge in [-0.2, -0.15) is 0 Å². The van der Waals surface area contributed by atoms with Gasteiger partial charge in [-0.15, -0.1) is 11.3 Å². The number of amides is 1. The predicted octanol–water partition coefficient (Wildman–Crippen LogP) is 5.96. The number of rotatable bonds is 12. The van der Waals surface area contributed by atoms with Crippen LogP contribution in [0.3, 0.4) is 0 Å². The number of ether oxygens (including phenoxy) is 4. The molecule has 0 aromatic carbocycles. The van der Waals surface area contributed by atoms with Crippen LogP contribution in [0.15, 0.2) is 33.7 Å². The van der Waals surface area contributed by atoms with Crippen molar-refractivity contribution in [3.63, 3.8) is 0 Å². The number of anilines is 1. The summed E-state index contributed by atoms with van der Waals surface area (Å²) in [5, 5.41) is 30.9. The predicted molar refractivity (Wildman–Crippen MR) is 239 cm³/mol. The Morgan fingerprint density at radius 1 is 1.14 bits per heavy atom. The minimum atomic E-state index is -3.19. The van der Waals surface area contributed by atoms with E-state index in [0.717, 1.165) is 6.92 Å². The molecule has 2 aromatic rings. The van der Waals surface area contributed by atoms with Crippen LogP contribution in [0.25, 0.3) is 10.7 Å². The number of hydrogen-bond donors (Lipinski definition) is 3. The lowest BCUT2D eigenvalue weighted by atomic mass is 9.70. The molecule has 2 fully saturated rings. The number of alkyl halides is 1. The van der Waals surface area contributed by atoms with E-state index in [9.17, 15) is 24.6 Å². The van der Waals surface area contributed by atoms with E-state index in [1.54, 1.807) is 39.0 Å². The monoisotopic (exact) mass is 904 g/mol. The van der Waals surface area contributed by atoms with E-state index in [1.165, 1.54) is 25.2 Å². The minimum absolute atomic E-state index is 0.0128. The number of likely N-dealkylation sites (N-methyl/N-ethyl adjacent to an activating group) is 1. The number of carbonyl (C=O) groups excluding carboxylic acids is 3. The fraction of sp³-hybridized carbons (Fsp3) is 0.711. The Morgan fingerprint density at radius 3 is 2.46 bits per heavy atom. The van der Waals surface area contributed by atoms with Crippen molar-refractivity contribution in [1.29, 1.82) is 0 Å². The molecule has 63 heavy (non-hydrogen) atoms. The van der Waals surface area contributed by atoms with Crippen LogP contribution in [-0.4, -0.2) is 129 Å². The maximum Gasteiger partial charge on any atom is 0.351 e. The third kappa shape index (κ3) is 12.9. The Kier molecular flexibility index (Phi) is 18.4. The minimum Gasteiger partial charge on any atom is -0.457 e. The summed E-state index contributed by atoms with van der Waals surface area (Å²) in [6.45, 7) is 16.1. The Morgan fingerprint density at radius 2 is 1.84 bits per heavy atom. The molecule has 4 rings (SSSR count). The van der Waals surface area contributed by atoms with Gasteiger partial charge < -0.3 is 44.6 Å². The fourth-order valence-electron chi connectivity index (χ4n) is 8.49. The molecule has 4 N–H and O–H groups in total. The van der Waals surface area contributed by atoms with Gasteiger partial charge in [-0.05, 0) is 91.4 Å². The molecule has 352 valence electrons. The third-order valence-corrected chi connectivity index (χ3v) is 13.1. The molecule has 18 heteroatoms. The summed E-state index contributed by atoms with van der Waals surface area (Å²) < 4.78 is 41.5. The number of Topliss-reactive ketones (excluding diaryl/α,β-unsaturated/α-hetero) is 1. The molecular formula is C45H69FN6O10S. The number of hydrogen-bond acceptors (Lipinski definition) is 16. The Balaban J connectivity index is 1.79. The maximum atomic E-state index is 16.8. The number of oxime groups is 1. The van der Waals surface area contributed by atoms with Crippen LogP contribution < -0.4 is 5.73 Å². The van der Waals surface area contributed by atoms with E-state index < -0.39 is 71.5 Å². The van der Waals surface area contributed by atoms with Gasteiger partial charge in [-0.25, -0.2) is 24.1 Å². The van der Waals surface area contributed by atoms with Crippen LogP contribution in [0.4, 0.5) is 10.2 Å². The van der Waals surface area contributed by atoms with E-state index >= 15 is 4.39 Å². The number of cyclic esters (lactones) is 1. The second-order valence-electron chi connectivity index (χ2n) is 17.8. The first-order valence-corrected chi connectivity index (χ1v) is 22.8. The van der Waals surface area contributed by atoms with Crippen LogP contribution in [-0.2, 0) is 44.8 Å². The van der Waals surface area contributed by atoms with Gasteiger partial charge in [0.25, 0.3) is 5.67 Å². The maximum absolute atomic E-state index is 16.8. The van der Waals surface area contributed by atoms with Crippen molar-refractivity contribution in [2.75, 3.05) is 26.4 Å². The molecule has 0 aliphatic carbocycles. The second-order valence-corrected chi connectivity index (χ2v) is 18.6.